The van der Waals surface area contributed by atoms with Gasteiger partial charge in [0.2, 0.25) is 0 Å². The average molecular weight is 775 g/mol. The normalized spacial score (nSPS) is 14.1. The van der Waals surface area contributed by atoms with Crippen LogP contribution in [0.1, 0.15) is 111 Å². The lowest BCUT2D eigenvalue weighted by Gasteiger charge is -2.43. The van der Waals surface area contributed by atoms with E-state index >= 15 is 0 Å². The monoisotopic (exact) mass is 774 g/mol. The fraction of sp³-hybridized carbons (Fsp3) is 0.309. The van der Waals surface area contributed by atoms with Gasteiger partial charge < -0.3 is 14.2 Å². The second kappa shape index (κ2) is 13.3. The quantitative estimate of drug-likeness (QED) is 0.167. The molecule has 4 heteroatoms. The molecule has 2 aliphatic heterocycles. The van der Waals surface area contributed by atoms with E-state index in [1.807, 2.05) is 0 Å². The molecule has 0 radical (unpaired) electrons. The Morgan fingerprint density at radius 2 is 1.03 bits per heavy atom. The minimum atomic E-state index is -0.0949. The Kier molecular flexibility index (Phi) is 8.77. The van der Waals surface area contributed by atoms with Crippen LogP contribution in [-0.2, 0) is 21.7 Å². The van der Waals surface area contributed by atoms with Gasteiger partial charge >= 0.3 is 0 Å². The highest BCUT2D eigenvalue weighted by atomic mass is 16.3. The van der Waals surface area contributed by atoms with E-state index in [1.54, 1.807) is 0 Å². The van der Waals surface area contributed by atoms with Crippen molar-refractivity contribution in [3.05, 3.63) is 149 Å². The van der Waals surface area contributed by atoms with Crippen molar-refractivity contribution < 1.29 is 4.42 Å². The summed E-state index contributed by atoms with van der Waals surface area (Å²) in [5, 5.41) is 1.15. The molecule has 1 aromatic heterocycles. The summed E-state index contributed by atoms with van der Waals surface area (Å²) in [7, 11) is 0. The van der Waals surface area contributed by atoms with Gasteiger partial charge in [0.15, 0.2) is 0 Å². The van der Waals surface area contributed by atoms with Gasteiger partial charge in [-0.05, 0) is 127 Å². The zero-order valence-corrected chi connectivity index (χ0v) is 37.4. The van der Waals surface area contributed by atoms with Crippen LogP contribution in [-0.4, -0.2) is 6.71 Å². The number of furan rings is 1. The van der Waals surface area contributed by atoms with Gasteiger partial charge in [0, 0.05) is 33.7 Å². The first-order chi connectivity index (χ1) is 27.7. The average Bonchev–Trinajstić information content (AvgIpc) is 3.55. The second-order valence-corrected chi connectivity index (χ2v) is 21.3. The molecule has 298 valence electrons. The highest BCUT2D eigenvalue weighted by Crippen LogP contribution is 2.50. The number of benzene rings is 6. The largest absolute Gasteiger partial charge is 0.468 e. The van der Waals surface area contributed by atoms with E-state index in [9.17, 15) is 0 Å². The fourth-order valence-electron chi connectivity index (χ4n) is 9.22. The van der Waals surface area contributed by atoms with Crippen LogP contribution in [0.15, 0.2) is 126 Å². The van der Waals surface area contributed by atoms with E-state index in [0.717, 1.165) is 33.7 Å². The molecule has 0 N–H and O–H groups in total. The summed E-state index contributed by atoms with van der Waals surface area (Å²) in [5.74, 6) is 0. The number of hydrogen-bond acceptors (Lipinski definition) is 3. The topological polar surface area (TPSA) is 19.6 Å². The summed E-state index contributed by atoms with van der Waals surface area (Å²) in [6, 6.07) is 46.0. The Morgan fingerprint density at radius 1 is 0.475 bits per heavy atom. The Hall–Kier alpha value is -5.48. The first-order valence-corrected chi connectivity index (χ1v) is 21.5. The minimum Gasteiger partial charge on any atom is -0.468 e. The number of anilines is 6. The Bertz CT molecular complexity index is 2750. The molecule has 2 aliphatic rings. The van der Waals surface area contributed by atoms with E-state index in [-0.39, 0.29) is 28.4 Å². The van der Waals surface area contributed by atoms with Crippen molar-refractivity contribution in [3.63, 3.8) is 0 Å². The Labute approximate surface area is 353 Å². The molecule has 3 nitrogen and oxygen atoms in total. The van der Waals surface area contributed by atoms with Crippen molar-refractivity contribution in [2.24, 2.45) is 0 Å². The van der Waals surface area contributed by atoms with Crippen LogP contribution >= 0.6 is 0 Å². The first kappa shape index (κ1) is 39.0. The number of nitrogens with zero attached hydrogens (tertiary/aromatic N) is 2. The first-order valence-electron chi connectivity index (χ1n) is 21.5. The maximum Gasteiger partial charge on any atom is 0.297 e. The Morgan fingerprint density at radius 3 is 1.66 bits per heavy atom. The summed E-state index contributed by atoms with van der Waals surface area (Å²) < 4.78 is 7.28. The smallest absolute Gasteiger partial charge is 0.297 e. The van der Waals surface area contributed by atoms with Crippen molar-refractivity contribution >= 4 is 68.4 Å². The molecule has 59 heavy (non-hydrogen) atoms. The number of fused-ring (bicyclic) bond motifs is 6. The van der Waals surface area contributed by atoms with Gasteiger partial charge in [-0.2, -0.15) is 0 Å². The minimum absolute atomic E-state index is 0.0304. The van der Waals surface area contributed by atoms with Crippen LogP contribution in [0, 0.1) is 6.92 Å². The third kappa shape index (κ3) is 6.51. The molecule has 0 amide bonds. The third-order valence-corrected chi connectivity index (χ3v) is 12.7. The number of aryl methyl sites for hydroxylation is 1. The van der Waals surface area contributed by atoms with Gasteiger partial charge in [0.25, 0.3) is 6.71 Å². The summed E-state index contributed by atoms with van der Waals surface area (Å²) in [6.07, 6.45) is 0. The van der Waals surface area contributed by atoms with Crippen molar-refractivity contribution in [1.82, 2.24) is 0 Å². The van der Waals surface area contributed by atoms with Gasteiger partial charge in [-0.15, -0.1) is 0 Å². The molecule has 0 bridgehead atoms. The summed E-state index contributed by atoms with van der Waals surface area (Å²) in [6.45, 7) is 30.1. The molecule has 0 aliphatic carbocycles. The van der Waals surface area contributed by atoms with Crippen LogP contribution in [0.25, 0.3) is 22.1 Å². The van der Waals surface area contributed by atoms with Gasteiger partial charge in [-0.3, -0.25) is 0 Å². The molecule has 7 aromatic rings. The zero-order valence-electron chi connectivity index (χ0n) is 37.4. The van der Waals surface area contributed by atoms with Crippen LogP contribution in [0.3, 0.4) is 0 Å². The van der Waals surface area contributed by atoms with Crippen molar-refractivity contribution in [1.29, 1.82) is 0 Å². The lowest BCUT2D eigenvalue weighted by Crippen LogP contribution is -2.61. The second-order valence-electron chi connectivity index (χ2n) is 21.3. The number of para-hydroxylation sites is 2. The highest BCUT2D eigenvalue weighted by molar-refractivity contribution is 7.00. The predicted octanol–water partition coefficient (Wildman–Crippen LogP) is 13.7. The molecule has 0 fully saturated rings. The van der Waals surface area contributed by atoms with Crippen molar-refractivity contribution in [2.75, 3.05) is 9.80 Å². The van der Waals surface area contributed by atoms with Gasteiger partial charge in [0.05, 0.1) is 17.0 Å². The molecule has 9 rings (SSSR count). The van der Waals surface area contributed by atoms with E-state index in [0.29, 0.717) is 0 Å². The summed E-state index contributed by atoms with van der Waals surface area (Å²) in [5.41, 5.74) is 20.3. The molecule has 0 saturated heterocycles. The van der Waals surface area contributed by atoms with Gasteiger partial charge in [0.1, 0.15) is 5.58 Å². The standard InChI is InChI=1S/C55H59BN2O/c1-34-27-46-49-47(28-34)58(44-25-23-36(52(2,3)4)32-41(44)35-29-38(54(8,9)10)31-39(30-35)55(11,12)13)50-42-33-37(53(5,6)7)24-26-48(42)59-51(50)56(49)43-21-17-18-22-45(43)57(46)40-19-15-14-16-20-40/h14-33H,1-13H3. The van der Waals surface area contributed by atoms with Crippen LogP contribution in [0.4, 0.5) is 34.1 Å². The molecule has 0 saturated carbocycles. The molecule has 3 heterocycles. The zero-order chi connectivity index (χ0) is 42.0. The maximum absolute atomic E-state index is 7.28. The third-order valence-electron chi connectivity index (χ3n) is 12.7. The lowest BCUT2D eigenvalue weighted by molar-refractivity contribution is 0.569. The molecule has 0 unspecified atom stereocenters. The molecular formula is C55H59BN2O. The van der Waals surface area contributed by atoms with Crippen molar-refractivity contribution in [2.45, 2.75) is 112 Å². The molecule has 0 spiro atoms. The molecule has 0 atom stereocenters. The SMILES string of the molecule is Cc1cc2c3c(c1)N(c1ccc(C(C)(C)C)cc1-c1cc(C(C)(C)C)cc(C(C)(C)C)c1)c1c(oc4ccc(C(C)(C)C)cc14)B3c1ccccc1N2c1ccccc1. The van der Waals surface area contributed by atoms with E-state index in [2.05, 4.69) is 221 Å². The van der Waals surface area contributed by atoms with Crippen LogP contribution in [0.2, 0.25) is 0 Å². The van der Waals surface area contributed by atoms with E-state index < -0.39 is 0 Å². The summed E-state index contributed by atoms with van der Waals surface area (Å²) >= 11 is 0. The van der Waals surface area contributed by atoms with Crippen molar-refractivity contribution in [3.8, 4) is 11.1 Å². The molecule has 6 aromatic carbocycles. The highest BCUT2D eigenvalue weighted by Gasteiger charge is 2.47. The fourth-order valence-corrected chi connectivity index (χ4v) is 9.22. The maximum atomic E-state index is 7.28. The van der Waals surface area contributed by atoms with Crippen LogP contribution < -0.4 is 26.4 Å². The summed E-state index contributed by atoms with van der Waals surface area (Å²) in [4.78, 5) is 5.04. The predicted molar refractivity (Wildman–Crippen MR) is 255 cm³/mol. The number of rotatable bonds is 3. The van der Waals surface area contributed by atoms with Crippen LogP contribution in [0.5, 0.6) is 0 Å². The van der Waals surface area contributed by atoms with E-state index in [1.165, 1.54) is 66.9 Å². The van der Waals surface area contributed by atoms with E-state index in [4.69, 9.17) is 4.42 Å². The van der Waals surface area contributed by atoms with Gasteiger partial charge in [-0.1, -0.05) is 150 Å². The van der Waals surface area contributed by atoms with Gasteiger partial charge in [-0.25, -0.2) is 0 Å². The Balaban J connectivity index is 1.44. The number of hydrogen-bond donors (Lipinski definition) is 0. The lowest BCUT2D eigenvalue weighted by atomic mass is 9.35. The molecular weight excluding hydrogens is 715 g/mol.